The number of aliphatic hydroxyl groups excluding tert-OH is 1. The Bertz CT molecular complexity index is 403. The van der Waals surface area contributed by atoms with Crippen molar-refractivity contribution >= 4 is 17.5 Å². The van der Waals surface area contributed by atoms with Crippen molar-refractivity contribution in [2.45, 2.75) is 26.3 Å². The fourth-order valence-corrected chi connectivity index (χ4v) is 1.92. The first-order chi connectivity index (χ1) is 8.49. The molecule has 1 aromatic rings. The van der Waals surface area contributed by atoms with Crippen LogP contribution < -0.4 is 0 Å². The quantitative estimate of drug-likeness (QED) is 0.896. The number of halogens is 2. The van der Waals surface area contributed by atoms with Crippen molar-refractivity contribution in [3.63, 3.8) is 0 Å². The van der Waals surface area contributed by atoms with Crippen LogP contribution in [0.1, 0.15) is 30.6 Å². The minimum atomic E-state index is -0.623. The second kappa shape index (κ2) is 6.71. The van der Waals surface area contributed by atoms with Gasteiger partial charge in [0.2, 0.25) is 0 Å². The summed E-state index contributed by atoms with van der Waals surface area (Å²) in [7, 11) is 0. The van der Waals surface area contributed by atoms with E-state index < -0.39 is 11.7 Å². The van der Waals surface area contributed by atoms with Gasteiger partial charge in [0.1, 0.15) is 5.82 Å². The van der Waals surface area contributed by atoms with Crippen LogP contribution in [0.4, 0.5) is 4.39 Å². The van der Waals surface area contributed by atoms with Crippen LogP contribution in [0, 0.1) is 5.82 Å². The predicted octanol–water partition coefficient (Wildman–Crippen LogP) is 2.71. The van der Waals surface area contributed by atoms with Crippen molar-refractivity contribution < 1.29 is 14.3 Å². The van der Waals surface area contributed by atoms with Gasteiger partial charge in [-0.3, -0.25) is 4.79 Å². The van der Waals surface area contributed by atoms with E-state index in [9.17, 15) is 9.18 Å². The van der Waals surface area contributed by atoms with Crippen LogP contribution in [-0.4, -0.2) is 35.1 Å². The molecule has 0 heterocycles. The molecule has 18 heavy (non-hydrogen) atoms. The third kappa shape index (κ3) is 3.43. The van der Waals surface area contributed by atoms with Gasteiger partial charge in [-0.05, 0) is 32.4 Å². The number of rotatable bonds is 5. The van der Waals surface area contributed by atoms with E-state index in [4.69, 9.17) is 16.7 Å². The number of amides is 1. The zero-order valence-corrected chi connectivity index (χ0v) is 11.2. The van der Waals surface area contributed by atoms with E-state index in [-0.39, 0.29) is 23.2 Å². The zero-order chi connectivity index (χ0) is 13.7. The predicted molar refractivity (Wildman–Crippen MR) is 69.3 cm³/mol. The van der Waals surface area contributed by atoms with Crippen molar-refractivity contribution in [2.24, 2.45) is 0 Å². The summed E-state index contributed by atoms with van der Waals surface area (Å²) in [4.78, 5) is 13.8. The molecule has 100 valence electrons. The maximum absolute atomic E-state index is 13.7. The summed E-state index contributed by atoms with van der Waals surface area (Å²) in [6, 6.07) is 4.08. The number of carbonyl (C=O) groups excluding carboxylic acids is 1. The Morgan fingerprint density at radius 2 is 2.17 bits per heavy atom. The normalized spacial score (nSPS) is 10.8. The van der Waals surface area contributed by atoms with Crippen molar-refractivity contribution in [2.75, 3.05) is 13.2 Å². The molecule has 0 fully saturated rings. The SMILES string of the molecule is CC(C)N(CCCO)C(=O)c1c(F)cccc1Cl. The van der Waals surface area contributed by atoms with E-state index in [1.54, 1.807) is 0 Å². The second-order valence-corrected chi connectivity index (χ2v) is 4.67. The van der Waals surface area contributed by atoms with Gasteiger partial charge in [0.15, 0.2) is 0 Å². The molecule has 0 atom stereocenters. The lowest BCUT2D eigenvalue weighted by molar-refractivity contribution is 0.0688. The molecule has 5 heteroatoms. The number of hydrogen-bond acceptors (Lipinski definition) is 2. The summed E-state index contributed by atoms with van der Waals surface area (Å²) in [6.45, 7) is 4.03. The largest absolute Gasteiger partial charge is 0.396 e. The lowest BCUT2D eigenvalue weighted by Crippen LogP contribution is -2.38. The van der Waals surface area contributed by atoms with Gasteiger partial charge < -0.3 is 10.0 Å². The van der Waals surface area contributed by atoms with E-state index in [0.717, 1.165) is 0 Å². The Kier molecular flexibility index (Phi) is 5.56. The number of carbonyl (C=O) groups is 1. The molecule has 0 aliphatic carbocycles. The van der Waals surface area contributed by atoms with E-state index in [1.165, 1.54) is 23.1 Å². The summed E-state index contributed by atoms with van der Waals surface area (Å²) in [5.74, 6) is -1.07. The van der Waals surface area contributed by atoms with Crippen LogP contribution in [0.25, 0.3) is 0 Å². The van der Waals surface area contributed by atoms with E-state index in [2.05, 4.69) is 0 Å². The zero-order valence-electron chi connectivity index (χ0n) is 10.5. The topological polar surface area (TPSA) is 40.5 Å². The Hall–Kier alpha value is -1.13. The molecule has 3 nitrogen and oxygen atoms in total. The highest BCUT2D eigenvalue weighted by Gasteiger charge is 2.23. The molecule has 0 saturated carbocycles. The molecule has 0 aliphatic heterocycles. The van der Waals surface area contributed by atoms with Crippen molar-refractivity contribution in [1.29, 1.82) is 0 Å². The number of benzene rings is 1. The van der Waals surface area contributed by atoms with Gasteiger partial charge in [0.25, 0.3) is 5.91 Å². The Balaban J connectivity index is 3.02. The molecule has 0 radical (unpaired) electrons. The van der Waals surface area contributed by atoms with Gasteiger partial charge in [-0.15, -0.1) is 0 Å². The molecule has 0 unspecified atom stereocenters. The van der Waals surface area contributed by atoms with Gasteiger partial charge in [0, 0.05) is 19.2 Å². The highest BCUT2D eigenvalue weighted by molar-refractivity contribution is 6.33. The fourth-order valence-electron chi connectivity index (χ4n) is 1.68. The van der Waals surface area contributed by atoms with Crippen LogP contribution in [0.2, 0.25) is 5.02 Å². The van der Waals surface area contributed by atoms with Crippen LogP contribution in [-0.2, 0) is 0 Å². The first kappa shape index (κ1) is 14.9. The average molecular weight is 274 g/mol. The van der Waals surface area contributed by atoms with E-state index in [1.807, 2.05) is 13.8 Å². The van der Waals surface area contributed by atoms with Gasteiger partial charge in [-0.1, -0.05) is 17.7 Å². The van der Waals surface area contributed by atoms with Crippen LogP contribution in [0.5, 0.6) is 0 Å². The first-order valence-corrected chi connectivity index (χ1v) is 6.22. The smallest absolute Gasteiger partial charge is 0.258 e. The third-order valence-corrected chi connectivity index (χ3v) is 2.93. The molecule has 1 aromatic carbocycles. The average Bonchev–Trinajstić information content (AvgIpc) is 2.28. The van der Waals surface area contributed by atoms with E-state index in [0.29, 0.717) is 13.0 Å². The van der Waals surface area contributed by atoms with Crippen LogP contribution in [0.3, 0.4) is 0 Å². The van der Waals surface area contributed by atoms with Crippen molar-refractivity contribution in [3.05, 3.63) is 34.6 Å². The molecule has 1 amide bonds. The maximum atomic E-state index is 13.7. The van der Waals surface area contributed by atoms with Gasteiger partial charge in [0.05, 0.1) is 10.6 Å². The minimum absolute atomic E-state index is 0.0124. The lowest BCUT2D eigenvalue weighted by atomic mass is 10.1. The number of hydrogen-bond donors (Lipinski definition) is 1. The second-order valence-electron chi connectivity index (χ2n) is 4.27. The maximum Gasteiger partial charge on any atom is 0.258 e. The summed E-state index contributed by atoms with van der Waals surface area (Å²) in [6.07, 6.45) is 0.454. The van der Waals surface area contributed by atoms with Crippen LogP contribution in [0.15, 0.2) is 18.2 Å². The Morgan fingerprint density at radius 1 is 1.50 bits per heavy atom. The van der Waals surface area contributed by atoms with Crippen LogP contribution >= 0.6 is 11.6 Å². The molecule has 0 bridgehead atoms. The van der Waals surface area contributed by atoms with Crippen molar-refractivity contribution in [1.82, 2.24) is 4.90 Å². The molecular formula is C13H17ClFNO2. The third-order valence-electron chi connectivity index (χ3n) is 2.62. The monoisotopic (exact) mass is 273 g/mol. The molecule has 0 spiro atoms. The number of aliphatic hydroxyl groups is 1. The Morgan fingerprint density at radius 3 is 2.67 bits per heavy atom. The summed E-state index contributed by atoms with van der Waals surface area (Å²) in [5.41, 5.74) is -0.106. The molecule has 1 N–H and O–H groups in total. The lowest BCUT2D eigenvalue weighted by Gasteiger charge is -2.27. The van der Waals surface area contributed by atoms with Gasteiger partial charge in [-0.25, -0.2) is 4.39 Å². The molecule has 1 rings (SSSR count). The highest BCUT2D eigenvalue weighted by atomic mass is 35.5. The minimum Gasteiger partial charge on any atom is -0.396 e. The Labute approximate surface area is 111 Å². The number of nitrogens with zero attached hydrogens (tertiary/aromatic N) is 1. The van der Waals surface area contributed by atoms with Crippen molar-refractivity contribution in [3.8, 4) is 0 Å². The van der Waals surface area contributed by atoms with Gasteiger partial charge >= 0.3 is 0 Å². The van der Waals surface area contributed by atoms with Gasteiger partial charge in [-0.2, -0.15) is 0 Å². The molecule has 0 aliphatic rings. The van der Waals surface area contributed by atoms with E-state index >= 15 is 0 Å². The molecular weight excluding hydrogens is 257 g/mol. The standard InChI is InChI=1S/C13H17ClFNO2/c1-9(2)16(7-4-8-17)13(18)12-10(14)5-3-6-11(12)15/h3,5-6,9,17H,4,7-8H2,1-2H3. The molecule has 0 saturated heterocycles. The highest BCUT2D eigenvalue weighted by Crippen LogP contribution is 2.21. The summed E-state index contributed by atoms with van der Waals surface area (Å²) in [5, 5.41) is 8.93. The summed E-state index contributed by atoms with van der Waals surface area (Å²) >= 11 is 5.87. The summed E-state index contributed by atoms with van der Waals surface area (Å²) < 4.78 is 13.7. The molecule has 0 aromatic heterocycles. The fraction of sp³-hybridized carbons (Fsp3) is 0.462. The first-order valence-electron chi connectivity index (χ1n) is 5.85.